The maximum absolute atomic E-state index is 5.98. The predicted molar refractivity (Wildman–Crippen MR) is 64.4 cm³/mol. The molecule has 3 unspecified atom stereocenters. The Bertz CT molecular complexity index is 205. The van der Waals surface area contributed by atoms with Gasteiger partial charge in [0.2, 0.25) is 0 Å². The molecule has 3 nitrogen and oxygen atoms in total. The molecule has 1 N–H and O–H groups in total. The standard InChI is InChI=1S/C11H22N2O.ClH/c1-9-7-12-11(2,14-8-9)10-5-4-6-13(10)3;/h9-10,12H,4-8H2,1-3H3;1H. The Hall–Kier alpha value is 0.170. The van der Waals surface area contributed by atoms with E-state index in [1.54, 1.807) is 0 Å². The van der Waals surface area contributed by atoms with Crippen LogP contribution in [0.15, 0.2) is 0 Å². The molecular formula is C11H23ClN2O. The van der Waals surface area contributed by atoms with Crippen LogP contribution < -0.4 is 5.32 Å². The highest BCUT2D eigenvalue weighted by Gasteiger charge is 2.42. The lowest BCUT2D eigenvalue weighted by atomic mass is 9.99. The first-order valence-electron chi connectivity index (χ1n) is 5.71. The van der Waals surface area contributed by atoms with Gasteiger partial charge in [-0.25, -0.2) is 0 Å². The van der Waals surface area contributed by atoms with Crippen molar-refractivity contribution in [2.75, 3.05) is 26.7 Å². The third kappa shape index (κ3) is 2.64. The molecule has 2 saturated heterocycles. The van der Waals surface area contributed by atoms with Gasteiger partial charge in [0.25, 0.3) is 0 Å². The molecule has 0 aromatic heterocycles. The van der Waals surface area contributed by atoms with E-state index in [-0.39, 0.29) is 18.1 Å². The molecule has 15 heavy (non-hydrogen) atoms. The van der Waals surface area contributed by atoms with Crippen LogP contribution in [0.25, 0.3) is 0 Å². The van der Waals surface area contributed by atoms with E-state index in [9.17, 15) is 0 Å². The number of likely N-dealkylation sites (tertiary alicyclic amines) is 1. The molecule has 0 saturated carbocycles. The fourth-order valence-electron chi connectivity index (χ4n) is 2.62. The van der Waals surface area contributed by atoms with Crippen molar-refractivity contribution in [2.45, 2.75) is 38.5 Å². The highest BCUT2D eigenvalue weighted by Crippen LogP contribution is 2.29. The number of nitrogens with zero attached hydrogens (tertiary/aromatic N) is 1. The lowest BCUT2D eigenvalue weighted by Crippen LogP contribution is -2.62. The molecule has 3 atom stereocenters. The zero-order valence-electron chi connectivity index (χ0n) is 9.95. The van der Waals surface area contributed by atoms with Crippen LogP contribution >= 0.6 is 12.4 Å². The molecule has 90 valence electrons. The van der Waals surface area contributed by atoms with Crippen molar-refractivity contribution >= 4 is 12.4 Å². The van der Waals surface area contributed by atoms with E-state index >= 15 is 0 Å². The van der Waals surface area contributed by atoms with Crippen molar-refractivity contribution < 1.29 is 4.74 Å². The first-order valence-corrected chi connectivity index (χ1v) is 5.71. The van der Waals surface area contributed by atoms with E-state index in [0.717, 1.165) is 13.2 Å². The van der Waals surface area contributed by atoms with E-state index in [1.807, 2.05) is 0 Å². The third-order valence-corrected chi connectivity index (χ3v) is 3.63. The quantitative estimate of drug-likeness (QED) is 0.744. The second kappa shape index (κ2) is 5.00. The summed E-state index contributed by atoms with van der Waals surface area (Å²) in [5.74, 6) is 0.648. The summed E-state index contributed by atoms with van der Waals surface area (Å²) in [5, 5.41) is 3.55. The fraction of sp³-hybridized carbons (Fsp3) is 1.00. The van der Waals surface area contributed by atoms with Gasteiger partial charge in [0, 0.05) is 6.54 Å². The molecule has 2 aliphatic rings. The summed E-state index contributed by atoms with van der Waals surface area (Å²) >= 11 is 0. The molecule has 0 aromatic rings. The van der Waals surface area contributed by atoms with Gasteiger partial charge in [-0.1, -0.05) is 6.92 Å². The lowest BCUT2D eigenvalue weighted by Gasteiger charge is -2.44. The number of rotatable bonds is 1. The lowest BCUT2D eigenvalue weighted by molar-refractivity contribution is -0.136. The fourth-order valence-corrected chi connectivity index (χ4v) is 2.62. The van der Waals surface area contributed by atoms with Crippen molar-refractivity contribution in [2.24, 2.45) is 5.92 Å². The summed E-state index contributed by atoms with van der Waals surface area (Å²) in [6.45, 7) is 7.62. The Morgan fingerprint density at radius 1 is 1.47 bits per heavy atom. The molecule has 2 heterocycles. The average Bonchev–Trinajstić information content (AvgIpc) is 2.58. The van der Waals surface area contributed by atoms with Crippen molar-refractivity contribution in [3.8, 4) is 0 Å². The minimum absolute atomic E-state index is 0. The van der Waals surface area contributed by atoms with Crippen molar-refractivity contribution in [1.29, 1.82) is 0 Å². The predicted octanol–water partition coefficient (Wildman–Crippen LogP) is 1.47. The van der Waals surface area contributed by atoms with E-state index in [2.05, 4.69) is 31.1 Å². The normalized spacial score (nSPS) is 42.6. The number of ether oxygens (including phenoxy) is 1. The van der Waals surface area contributed by atoms with Gasteiger partial charge in [-0.15, -0.1) is 12.4 Å². The SMILES string of the molecule is CC1CNC(C)(C2CCCN2C)OC1.Cl. The summed E-state index contributed by atoms with van der Waals surface area (Å²) in [5.41, 5.74) is -0.113. The van der Waals surface area contributed by atoms with Crippen molar-refractivity contribution in [1.82, 2.24) is 10.2 Å². The molecule has 0 spiro atoms. The van der Waals surface area contributed by atoms with Crippen LogP contribution in [-0.4, -0.2) is 43.4 Å². The van der Waals surface area contributed by atoms with E-state index < -0.39 is 0 Å². The van der Waals surface area contributed by atoms with Crippen LogP contribution in [0.3, 0.4) is 0 Å². The first kappa shape index (κ1) is 13.2. The number of hydrogen-bond acceptors (Lipinski definition) is 3. The molecule has 4 heteroatoms. The van der Waals surface area contributed by atoms with Crippen LogP contribution in [0.1, 0.15) is 26.7 Å². The van der Waals surface area contributed by atoms with E-state index in [1.165, 1.54) is 19.4 Å². The van der Waals surface area contributed by atoms with E-state index in [0.29, 0.717) is 12.0 Å². The van der Waals surface area contributed by atoms with Crippen LogP contribution in [-0.2, 0) is 4.74 Å². The van der Waals surface area contributed by atoms with Gasteiger partial charge in [0.1, 0.15) is 5.72 Å². The Balaban J connectivity index is 0.00000112. The maximum atomic E-state index is 5.98. The number of nitrogens with one attached hydrogen (secondary N) is 1. The molecule has 0 amide bonds. The molecule has 0 aliphatic carbocycles. The smallest absolute Gasteiger partial charge is 0.132 e. The molecule has 2 aliphatic heterocycles. The number of likely N-dealkylation sites (N-methyl/N-ethyl adjacent to an activating group) is 1. The Morgan fingerprint density at radius 3 is 2.67 bits per heavy atom. The summed E-state index contributed by atoms with van der Waals surface area (Å²) < 4.78 is 5.98. The Morgan fingerprint density at radius 2 is 2.20 bits per heavy atom. The largest absolute Gasteiger partial charge is 0.359 e. The molecule has 0 aromatic carbocycles. The van der Waals surface area contributed by atoms with Crippen LogP contribution in [0, 0.1) is 5.92 Å². The molecule has 0 radical (unpaired) electrons. The first-order chi connectivity index (χ1) is 6.62. The minimum Gasteiger partial charge on any atom is -0.359 e. The van der Waals surface area contributed by atoms with Gasteiger partial charge in [-0.3, -0.25) is 10.2 Å². The maximum Gasteiger partial charge on any atom is 0.132 e. The zero-order chi connectivity index (χ0) is 10.2. The second-order valence-corrected chi connectivity index (χ2v) is 5.04. The van der Waals surface area contributed by atoms with Crippen molar-refractivity contribution in [3.05, 3.63) is 0 Å². The zero-order valence-corrected chi connectivity index (χ0v) is 10.8. The van der Waals surface area contributed by atoms with Gasteiger partial charge in [-0.05, 0) is 39.3 Å². The topological polar surface area (TPSA) is 24.5 Å². The second-order valence-electron chi connectivity index (χ2n) is 5.04. The summed E-state index contributed by atoms with van der Waals surface area (Å²) in [7, 11) is 2.20. The third-order valence-electron chi connectivity index (χ3n) is 3.63. The monoisotopic (exact) mass is 234 g/mol. The molecule has 0 bridgehead atoms. The highest BCUT2D eigenvalue weighted by atomic mass is 35.5. The summed E-state index contributed by atoms with van der Waals surface area (Å²) in [4.78, 5) is 2.42. The minimum atomic E-state index is -0.113. The van der Waals surface area contributed by atoms with Gasteiger partial charge >= 0.3 is 0 Å². The molecule has 2 fully saturated rings. The van der Waals surface area contributed by atoms with Crippen LogP contribution in [0.2, 0.25) is 0 Å². The Kier molecular flexibility index (Phi) is 4.41. The van der Waals surface area contributed by atoms with Crippen LogP contribution in [0.5, 0.6) is 0 Å². The average molecular weight is 235 g/mol. The van der Waals surface area contributed by atoms with Gasteiger partial charge in [0.15, 0.2) is 0 Å². The molecule has 2 rings (SSSR count). The van der Waals surface area contributed by atoms with Gasteiger partial charge in [-0.2, -0.15) is 0 Å². The summed E-state index contributed by atoms with van der Waals surface area (Å²) in [6.07, 6.45) is 2.56. The number of hydrogen-bond donors (Lipinski definition) is 1. The molecular weight excluding hydrogens is 212 g/mol. The van der Waals surface area contributed by atoms with Crippen molar-refractivity contribution in [3.63, 3.8) is 0 Å². The van der Waals surface area contributed by atoms with Gasteiger partial charge < -0.3 is 4.74 Å². The van der Waals surface area contributed by atoms with Gasteiger partial charge in [0.05, 0.1) is 12.6 Å². The van der Waals surface area contributed by atoms with Crippen LogP contribution in [0.4, 0.5) is 0 Å². The highest BCUT2D eigenvalue weighted by molar-refractivity contribution is 5.85. The Labute approximate surface area is 99.0 Å². The number of halogens is 1. The summed E-state index contributed by atoms with van der Waals surface area (Å²) in [6, 6.07) is 0.551. The van der Waals surface area contributed by atoms with E-state index in [4.69, 9.17) is 4.74 Å².